The number of rotatable bonds is 4. The molecule has 0 aromatic carbocycles. The summed E-state index contributed by atoms with van der Waals surface area (Å²) in [5.74, 6) is -0.0861. The van der Waals surface area contributed by atoms with Gasteiger partial charge >= 0.3 is 0 Å². The van der Waals surface area contributed by atoms with E-state index in [1.807, 2.05) is 26.2 Å². The normalized spacial score (nSPS) is 21.0. The fourth-order valence-corrected chi connectivity index (χ4v) is 3.43. The van der Waals surface area contributed by atoms with E-state index in [1.165, 1.54) is 0 Å². The van der Waals surface area contributed by atoms with Crippen LogP contribution >= 0.6 is 0 Å². The van der Waals surface area contributed by atoms with Gasteiger partial charge in [-0.2, -0.15) is 10.2 Å². The molecule has 1 amide bonds. The molecule has 1 fully saturated rings. The molecule has 3 rings (SSSR count). The predicted molar refractivity (Wildman–Crippen MR) is 98.4 cm³/mol. The lowest BCUT2D eigenvalue weighted by Crippen LogP contribution is -2.39. The molecule has 3 heterocycles. The predicted octanol–water partition coefficient (Wildman–Crippen LogP) is 2.57. The third kappa shape index (κ3) is 3.82. The maximum atomic E-state index is 13.1. The first-order valence-corrected chi connectivity index (χ1v) is 9.16. The van der Waals surface area contributed by atoms with Gasteiger partial charge in [-0.05, 0) is 25.0 Å². The number of aromatic nitrogens is 4. The Bertz CT molecular complexity index is 758. The van der Waals surface area contributed by atoms with Crippen molar-refractivity contribution in [2.24, 2.45) is 13.0 Å². The fraction of sp³-hybridized carbons (Fsp3) is 0.632. The summed E-state index contributed by atoms with van der Waals surface area (Å²) in [6.07, 6.45) is 3.24. The summed E-state index contributed by atoms with van der Waals surface area (Å²) in [6, 6.07) is 3.97. The van der Waals surface area contributed by atoms with E-state index in [9.17, 15) is 4.79 Å². The molecule has 1 N–H and O–H groups in total. The maximum Gasteiger partial charge on any atom is 0.228 e. The first kappa shape index (κ1) is 18.6. The number of aromatic amines is 1. The van der Waals surface area contributed by atoms with Crippen LogP contribution in [0.25, 0.3) is 0 Å². The molecule has 7 nitrogen and oxygen atoms in total. The minimum absolute atomic E-state index is 0.0147. The maximum absolute atomic E-state index is 13.1. The number of H-pyrrole nitrogens is 1. The Morgan fingerprint density at radius 1 is 1.46 bits per heavy atom. The Morgan fingerprint density at radius 3 is 2.85 bits per heavy atom. The summed E-state index contributed by atoms with van der Waals surface area (Å²) >= 11 is 0. The number of nitrogens with one attached hydrogen (secondary N) is 1. The van der Waals surface area contributed by atoms with Crippen molar-refractivity contribution in [3.63, 3.8) is 0 Å². The third-order valence-corrected chi connectivity index (χ3v) is 4.97. The van der Waals surface area contributed by atoms with Crippen molar-refractivity contribution >= 4 is 5.91 Å². The van der Waals surface area contributed by atoms with Crippen LogP contribution in [0.3, 0.4) is 0 Å². The lowest BCUT2D eigenvalue weighted by molar-refractivity contribution is -0.145. The van der Waals surface area contributed by atoms with Gasteiger partial charge in [0.05, 0.1) is 29.5 Å². The first-order chi connectivity index (χ1) is 12.3. The molecule has 26 heavy (non-hydrogen) atoms. The van der Waals surface area contributed by atoms with E-state index >= 15 is 0 Å². The molecule has 0 spiro atoms. The van der Waals surface area contributed by atoms with Crippen molar-refractivity contribution in [1.82, 2.24) is 24.9 Å². The van der Waals surface area contributed by atoms with Gasteiger partial charge in [0.25, 0.3) is 0 Å². The van der Waals surface area contributed by atoms with E-state index in [-0.39, 0.29) is 23.3 Å². The van der Waals surface area contributed by atoms with E-state index in [0.717, 1.165) is 29.9 Å². The van der Waals surface area contributed by atoms with E-state index in [2.05, 4.69) is 36.1 Å². The fourth-order valence-electron chi connectivity index (χ4n) is 3.43. The summed E-state index contributed by atoms with van der Waals surface area (Å²) in [5.41, 5.74) is 2.88. The van der Waals surface area contributed by atoms with Gasteiger partial charge in [0.1, 0.15) is 6.10 Å². The second-order valence-electron chi connectivity index (χ2n) is 8.14. The van der Waals surface area contributed by atoms with Crippen molar-refractivity contribution in [2.45, 2.75) is 51.7 Å². The van der Waals surface area contributed by atoms with Crippen molar-refractivity contribution in [1.29, 1.82) is 0 Å². The van der Waals surface area contributed by atoms with E-state index in [1.54, 1.807) is 15.8 Å². The SMILES string of the molecule is CN(Cc1cc(C(C)(C)C)n[nH]1)C(=O)[C@@H]1CCCO[C@H]1c1ccnn1C. The van der Waals surface area contributed by atoms with Gasteiger partial charge in [-0.1, -0.05) is 20.8 Å². The lowest BCUT2D eigenvalue weighted by atomic mass is 9.90. The number of ether oxygens (including phenoxy) is 1. The number of carbonyl (C=O) groups excluding carboxylic acids is 1. The zero-order valence-corrected chi connectivity index (χ0v) is 16.3. The average molecular weight is 359 g/mol. The number of carbonyl (C=O) groups is 1. The van der Waals surface area contributed by atoms with Crippen LogP contribution in [-0.2, 0) is 28.5 Å². The Kier molecular flexibility index (Phi) is 5.18. The number of hydrogen-bond donors (Lipinski definition) is 1. The van der Waals surface area contributed by atoms with Crippen LogP contribution < -0.4 is 0 Å². The Morgan fingerprint density at radius 2 is 2.23 bits per heavy atom. The quantitative estimate of drug-likeness (QED) is 0.910. The molecule has 0 aliphatic carbocycles. The summed E-state index contributed by atoms with van der Waals surface area (Å²) in [7, 11) is 3.73. The Labute approximate surface area is 154 Å². The van der Waals surface area contributed by atoms with Crippen molar-refractivity contribution in [3.8, 4) is 0 Å². The van der Waals surface area contributed by atoms with Crippen molar-refractivity contribution < 1.29 is 9.53 Å². The van der Waals surface area contributed by atoms with E-state index in [4.69, 9.17) is 4.74 Å². The van der Waals surface area contributed by atoms with Gasteiger partial charge in [-0.25, -0.2) is 0 Å². The monoisotopic (exact) mass is 359 g/mol. The highest BCUT2D eigenvalue weighted by molar-refractivity contribution is 5.79. The van der Waals surface area contributed by atoms with Gasteiger partial charge in [0.2, 0.25) is 5.91 Å². The molecule has 142 valence electrons. The molecule has 2 aromatic heterocycles. The number of aryl methyl sites for hydroxylation is 1. The van der Waals surface area contributed by atoms with Gasteiger partial charge in [0.15, 0.2) is 0 Å². The van der Waals surface area contributed by atoms with Crippen molar-refractivity contribution in [3.05, 3.63) is 35.4 Å². The highest BCUT2D eigenvalue weighted by Gasteiger charge is 2.36. The van der Waals surface area contributed by atoms with Crippen LogP contribution in [0.5, 0.6) is 0 Å². The lowest BCUT2D eigenvalue weighted by Gasteiger charge is -2.33. The van der Waals surface area contributed by atoms with Crippen LogP contribution in [0, 0.1) is 5.92 Å². The zero-order valence-electron chi connectivity index (χ0n) is 16.3. The molecular weight excluding hydrogens is 330 g/mol. The van der Waals surface area contributed by atoms with E-state index < -0.39 is 0 Å². The highest BCUT2D eigenvalue weighted by atomic mass is 16.5. The summed E-state index contributed by atoms with van der Waals surface area (Å²) in [6.45, 7) is 7.56. The minimum atomic E-state index is -0.238. The topological polar surface area (TPSA) is 76.0 Å². The zero-order chi connectivity index (χ0) is 18.9. The molecule has 2 atom stereocenters. The van der Waals surface area contributed by atoms with Gasteiger partial charge in [-0.3, -0.25) is 14.6 Å². The molecule has 0 bridgehead atoms. The summed E-state index contributed by atoms with van der Waals surface area (Å²) in [4.78, 5) is 14.9. The largest absolute Gasteiger partial charge is 0.371 e. The molecule has 1 saturated heterocycles. The van der Waals surface area contributed by atoms with Gasteiger partial charge in [0, 0.05) is 32.3 Å². The van der Waals surface area contributed by atoms with Crippen LogP contribution in [0.1, 0.15) is 56.8 Å². The minimum Gasteiger partial charge on any atom is -0.371 e. The van der Waals surface area contributed by atoms with Gasteiger partial charge < -0.3 is 9.64 Å². The molecule has 2 aromatic rings. The highest BCUT2D eigenvalue weighted by Crippen LogP contribution is 2.34. The Balaban J connectivity index is 1.72. The number of nitrogens with zero attached hydrogens (tertiary/aromatic N) is 4. The van der Waals surface area contributed by atoms with Crippen LogP contribution in [-0.4, -0.2) is 44.4 Å². The Hall–Kier alpha value is -2.15. The standard InChI is InChI=1S/C19H29N5O2/c1-19(2,3)16-11-13(21-22-16)12-23(4)18(25)14-7-6-10-26-17(14)15-8-9-20-24(15)5/h8-9,11,14,17H,6-7,10,12H2,1-5H3,(H,21,22)/t14-,17-/m1/s1. The summed E-state index contributed by atoms with van der Waals surface area (Å²) in [5, 5.41) is 11.7. The second-order valence-corrected chi connectivity index (χ2v) is 8.14. The number of amides is 1. The molecule has 1 aliphatic rings. The third-order valence-electron chi connectivity index (χ3n) is 4.97. The molecule has 1 aliphatic heterocycles. The molecule has 0 saturated carbocycles. The molecule has 0 unspecified atom stereocenters. The number of hydrogen-bond acceptors (Lipinski definition) is 4. The smallest absolute Gasteiger partial charge is 0.228 e. The van der Waals surface area contributed by atoms with Crippen LogP contribution in [0.2, 0.25) is 0 Å². The molecule has 0 radical (unpaired) electrons. The first-order valence-electron chi connectivity index (χ1n) is 9.16. The molecular formula is C19H29N5O2. The van der Waals surface area contributed by atoms with E-state index in [0.29, 0.717) is 13.2 Å². The van der Waals surface area contributed by atoms with Crippen LogP contribution in [0.15, 0.2) is 18.3 Å². The van der Waals surface area contributed by atoms with Gasteiger partial charge in [-0.15, -0.1) is 0 Å². The van der Waals surface area contributed by atoms with Crippen LogP contribution in [0.4, 0.5) is 0 Å². The molecule has 7 heteroatoms. The average Bonchev–Trinajstić information content (AvgIpc) is 3.23. The second kappa shape index (κ2) is 7.23. The van der Waals surface area contributed by atoms with Crippen molar-refractivity contribution in [2.75, 3.05) is 13.7 Å². The summed E-state index contributed by atoms with van der Waals surface area (Å²) < 4.78 is 7.75.